The van der Waals surface area contributed by atoms with E-state index in [0.29, 0.717) is 0 Å². The topological polar surface area (TPSA) is 11.0 Å². The highest BCUT2D eigenvalue weighted by Gasteiger charge is 2.36. The molecule has 0 atom stereocenters. The third-order valence-electron chi connectivity index (χ3n) is 9.15. The number of nitrogens with zero attached hydrogens (tertiary/aromatic N) is 3. The first-order valence-electron chi connectivity index (χ1n) is 17.0. The molecule has 0 unspecified atom stereocenters. The van der Waals surface area contributed by atoms with Gasteiger partial charge < -0.3 is 0 Å². The third-order valence-corrected chi connectivity index (χ3v) is 9.15. The summed E-state index contributed by atoms with van der Waals surface area (Å²) in [4.78, 5) is 0. The SMILES string of the molecule is CN([n+]1c(-c2ccccc2)cc(-c2ccccc2)cc1-c1ccccc1)[n+]1c(-c2ccccc2)cc(-c2ccccc2)cc1-c1ccccc1. The molecule has 0 aliphatic heterocycles. The summed E-state index contributed by atoms with van der Waals surface area (Å²) < 4.78 is 4.72. The molecule has 0 fully saturated rings. The summed E-state index contributed by atoms with van der Waals surface area (Å²) >= 11 is 0. The Morgan fingerprint density at radius 3 is 0.680 bits per heavy atom. The Morgan fingerprint density at radius 1 is 0.260 bits per heavy atom. The van der Waals surface area contributed by atoms with Crippen molar-refractivity contribution in [3.63, 3.8) is 0 Å². The molecule has 0 N–H and O–H groups in total. The van der Waals surface area contributed by atoms with E-state index in [-0.39, 0.29) is 0 Å². The highest BCUT2D eigenvalue weighted by atomic mass is 15.8. The minimum absolute atomic E-state index is 1.07. The molecule has 6 aromatic carbocycles. The molecule has 0 saturated heterocycles. The van der Waals surface area contributed by atoms with Crippen molar-refractivity contribution < 1.29 is 9.35 Å². The summed E-state index contributed by atoms with van der Waals surface area (Å²) in [6, 6.07) is 73.4. The zero-order valence-electron chi connectivity index (χ0n) is 28.0. The fourth-order valence-corrected chi connectivity index (χ4v) is 6.74. The van der Waals surface area contributed by atoms with Crippen LogP contribution in [0.4, 0.5) is 0 Å². The van der Waals surface area contributed by atoms with Crippen LogP contribution in [0.25, 0.3) is 67.3 Å². The molecule has 0 aliphatic rings. The smallest absolute Gasteiger partial charge is 0.0622 e. The molecule has 8 rings (SSSR count). The van der Waals surface area contributed by atoms with Crippen LogP contribution in [-0.4, -0.2) is 7.05 Å². The zero-order chi connectivity index (χ0) is 33.7. The summed E-state index contributed by atoms with van der Waals surface area (Å²) in [6.45, 7) is 0. The predicted octanol–water partition coefficient (Wildman–Crippen LogP) is 10.3. The molecular formula is C47H37N3+2. The second-order valence-corrected chi connectivity index (χ2v) is 12.3. The fraction of sp³-hybridized carbons (Fsp3) is 0.0213. The lowest BCUT2D eigenvalue weighted by molar-refractivity contribution is -0.885. The van der Waals surface area contributed by atoms with Crippen LogP contribution in [0, 0.1) is 0 Å². The van der Waals surface area contributed by atoms with Gasteiger partial charge in [0.25, 0.3) is 0 Å². The van der Waals surface area contributed by atoms with Crippen molar-refractivity contribution in [2.75, 3.05) is 12.2 Å². The Balaban J connectivity index is 1.48. The molecule has 0 amide bonds. The Morgan fingerprint density at radius 2 is 0.460 bits per heavy atom. The third kappa shape index (κ3) is 6.09. The maximum Gasteiger partial charge on any atom is 0.249 e. The van der Waals surface area contributed by atoms with Gasteiger partial charge in [-0.3, -0.25) is 0 Å². The van der Waals surface area contributed by atoms with Crippen LogP contribution < -0.4 is 14.5 Å². The van der Waals surface area contributed by atoms with Crippen molar-refractivity contribution in [3.05, 3.63) is 206 Å². The molecule has 0 radical (unpaired) electrons. The number of aromatic nitrogens is 2. The molecule has 0 spiro atoms. The fourth-order valence-electron chi connectivity index (χ4n) is 6.74. The molecular weight excluding hydrogens is 607 g/mol. The van der Waals surface area contributed by atoms with Gasteiger partial charge in [-0.2, -0.15) is 0 Å². The highest BCUT2D eigenvalue weighted by Crippen LogP contribution is 2.32. The van der Waals surface area contributed by atoms with Crippen LogP contribution in [0.15, 0.2) is 206 Å². The molecule has 0 saturated carbocycles. The van der Waals surface area contributed by atoms with Crippen LogP contribution >= 0.6 is 0 Å². The summed E-state index contributed by atoms with van der Waals surface area (Å²) in [7, 11) is 2.17. The predicted molar refractivity (Wildman–Crippen MR) is 205 cm³/mol. The van der Waals surface area contributed by atoms with Gasteiger partial charge in [0.1, 0.15) is 7.05 Å². The van der Waals surface area contributed by atoms with Crippen molar-refractivity contribution in [3.8, 4) is 67.3 Å². The first kappa shape index (κ1) is 30.7. The molecule has 238 valence electrons. The van der Waals surface area contributed by atoms with Crippen molar-refractivity contribution in [2.45, 2.75) is 0 Å². The van der Waals surface area contributed by atoms with Gasteiger partial charge in [-0.25, -0.2) is 0 Å². The Bertz CT molecular complexity index is 2050. The zero-order valence-corrected chi connectivity index (χ0v) is 28.0. The standard InChI is InChI=1S/C47H37N3/c1-48(49-44(38-24-12-4-13-25-38)32-42(36-20-8-2-9-21-36)33-45(49)39-26-14-5-15-27-39)50-46(40-28-16-6-17-29-40)34-43(37-22-10-3-11-23-37)35-47(50)41-30-18-7-19-31-41/h2-35H,1H3/q+2. The van der Waals surface area contributed by atoms with E-state index in [4.69, 9.17) is 0 Å². The van der Waals surface area contributed by atoms with E-state index >= 15 is 0 Å². The summed E-state index contributed by atoms with van der Waals surface area (Å²) in [5, 5.41) is 2.28. The summed E-state index contributed by atoms with van der Waals surface area (Å²) in [6.07, 6.45) is 0. The van der Waals surface area contributed by atoms with Gasteiger partial charge in [0.15, 0.2) is 0 Å². The average molecular weight is 644 g/mol. The maximum atomic E-state index is 2.36. The van der Waals surface area contributed by atoms with Crippen molar-refractivity contribution in [2.24, 2.45) is 0 Å². The molecule has 8 aromatic rings. The van der Waals surface area contributed by atoms with Gasteiger partial charge in [-0.15, -0.1) is 0 Å². The molecule has 50 heavy (non-hydrogen) atoms. The number of rotatable bonds is 8. The Hall–Kier alpha value is -6.58. The molecule has 3 nitrogen and oxygen atoms in total. The normalized spacial score (nSPS) is 10.9. The van der Waals surface area contributed by atoms with E-state index in [0.717, 1.165) is 56.2 Å². The van der Waals surface area contributed by atoms with Gasteiger partial charge >= 0.3 is 0 Å². The van der Waals surface area contributed by atoms with E-state index in [1.54, 1.807) is 0 Å². The monoisotopic (exact) mass is 643 g/mol. The lowest BCUT2D eigenvalue weighted by atomic mass is 9.99. The first-order chi connectivity index (χ1) is 24.7. The van der Waals surface area contributed by atoms with Crippen LogP contribution in [0.1, 0.15) is 0 Å². The Labute approximate surface area is 294 Å². The average Bonchev–Trinajstić information content (AvgIpc) is 3.21. The molecule has 2 heterocycles. The van der Waals surface area contributed by atoms with Crippen LogP contribution in [0.5, 0.6) is 0 Å². The quantitative estimate of drug-likeness (QED) is 0.150. The number of hydrogen-bond acceptors (Lipinski definition) is 1. The van der Waals surface area contributed by atoms with E-state index < -0.39 is 0 Å². The summed E-state index contributed by atoms with van der Waals surface area (Å²) in [5.74, 6) is 0. The highest BCUT2D eigenvalue weighted by molar-refractivity contribution is 5.75. The lowest BCUT2D eigenvalue weighted by Crippen LogP contribution is -2.74. The van der Waals surface area contributed by atoms with Crippen molar-refractivity contribution in [1.29, 1.82) is 0 Å². The number of benzene rings is 6. The van der Waals surface area contributed by atoms with Crippen LogP contribution in [0.2, 0.25) is 0 Å². The largest absolute Gasteiger partial charge is 0.249 e. The van der Waals surface area contributed by atoms with Crippen LogP contribution in [0.3, 0.4) is 0 Å². The Kier molecular flexibility index (Phi) is 8.53. The second kappa shape index (κ2) is 13.9. The lowest BCUT2D eigenvalue weighted by Gasteiger charge is -2.19. The van der Waals surface area contributed by atoms with Crippen molar-refractivity contribution in [1.82, 2.24) is 0 Å². The van der Waals surface area contributed by atoms with E-state index in [9.17, 15) is 0 Å². The second-order valence-electron chi connectivity index (χ2n) is 12.3. The van der Waals surface area contributed by atoms with Crippen molar-refractivity contribution >= 4 is 0 Å². The van der Waals surface area contributed by atoms with Gasteiger partial charge in [-0.05, 0) is 80.1 Å². The number of hydrogen-bond donors (Lipinski definition) is 0. The van der Waals surface area contributed by atoms with Crippen LogP contribution in [-0.2, 0) is 0 Å². The van der Waals surface area contributed by atoms with Gasteiger partial charge in [0, 0.05) is 46.5 Å². The first-order valence-corrected chi connectivity index (χ1v) is 17.0. The minimum atomic E-state index is 1.07. The maximum absolute atomic E-state index is 2.36. The molecule has 0 aliphatic carbocycles. The van der Waals surface area contributed by atoms with Gasteiger partial charge in [0.2, 0.25) is 22.8 Å². The molecule has 3 heteroatoms. The summed E-state index contributed by atoms with van der Waals surface area (Å²) in [5.41, 5.74) is 13.5. The van der Waals surface area contributed by atoms with Gasteiger partial charge in [-0.1, -0.05) is 133 Å². The number of pyridine rings is 2. The van der Waals surface area contributed by atoms with E-state index in [1.165, 1.54) is 11.1 Å². The van der Waals surface area contributed by atoms with Gasteiger partial charge in [0.05, 0.1) is 5.12 Å². The van der Waals surface area contributed by atoms with E-state index in [2.05, 4.69) is 228 Å². The molecule has 2 aromatic heterocycles. The minimum Gasteiger partial charge on any atom is -0.0622 e. The van der Waals surface area contributed by atoms with E-state index in [1.807, 2.05) is 0 Å². The molecule has 0 bridgehead atoms.